The number of thiazole rings is 1. The molecule has 1 aromatic rings. The molecular formula is C8H11BrN2S. The summed E-state index contributed by atoms with van der Waals surface area (Å²) < 4.78 is 1.09. The molecule has 0 amide bonds. The summed E-state index contributed by atoms with van der Waals surface area (Å²) in [4.78, 5) is 4.22. The van der Waals surface area contributed by atoms with Crippen LogP contribution in [0.5, 0.6) is 0 Å². The van der Waals surface area contributed by atoms with Crippen LogP contribution in [0.1, 0.15) is 20.3 Å². The van der Waals surface area contributed by atoms with Crippen LogP contribution in [0.3, 0.4) is 0 Å². The van der Waals surface area contributed by atoms with Crippen LogP contribution in [-0.4, -0.2) is 11.0 Å². The van der Waals surface area contributed by atoms with E-state index in [0.29, 0.717) is 11.5 Å². The van der Waals surface area contributed by atoms with Gasteiger partial charge in [-0.15, -0.1) is 0 Å². The minimum Gasteiger partial charge on any atom is -0.358 e. The minimum absolute atomic E-state index is 0.470. The van der Waals surface area contributed by atoms with Gasteiger partial charge in [0, 0.05) is 6.04 Å². The lowest BCUT2D eigenvalue weighted by Crippen LogP contribution is -2.07. The van der Waals surface area contributed by atoms with Crippen LogP contribution in [0.4, 0.5) is 5.13 Å². The van der Waals surface area contributed by atoms with Gasteiger partial charge in [-0.1, -0.05) is 25.2 Å². The molecule has 1 unspecified atom stereocenters. The Kier molecular flexibility index (Phi) is 1.92. The number of hydrogen-bond acceptors (Lipinski definition) is 3. The van der Waals surface area contributed by atoms with Crippen LogP contribution >= 0.6 is 27.3 Å². The summed E-state index contributed by atoms with van der Waals surface area (Å²) in [6, 6.07) is 0.621. The van der Waals surface area contributed by atoms with Crippen LogP contribution in [-0.2, 0) is 0 Å². The molecule has 1 heterocycles. The molecule has 2 rings (SSSR count). The number of hydrogen-bond donors (Lipinski definition) is 1. The summed E-state index contributed by atoms with van der Waals surface area (Å²) >= 11 is 5.04. The van der Waals surface area contributed by atoms with Crippen molar-refractivity contribution in [2.24, 2.45) is 5.41 Å². The molecule has 66 valence electrons. The fraction of sp³-hybridized carbons (Fsp3) is 0.625. The van der Waals surface area contributed by atoms with Gasteiger partial charge < -0.3 is 5.32 Å². The van der Waals surface area contributed by atoms with Gasteiger partial charge in [0.15, 0.2) is 5.13 Å². The molecule has 1 saturated carbocycles. The van der Waals surface area contributed by atoms with Crippen LogP contribution in [0, 0.1) is 5.41 Å². The molecule has 1 N–H and O–H groups in total. The Morgan fingerprint density at radius 3 is 2.83 bits per heavy atom. The minimum atomic E-state index is 0.470. The summed E-state index contributed by atoms with van der Waals surface area (Å²) in [7, 11) is 0. The Labute approximate surface area is 84.5 Å². The molecule has 2 nitrogen and oxygen atoms in total. The molecule has 0 aromatic carbocycles. The van der Waals surface area contributed by atoms with E-state index in [4.69, 9.17) is 0 Å². The number of nitrogens with one attached hydrogen (secondary N) is 1. The SMILES string of the molecule is CC1(C)CC1Nc1ncc(Br)s1. The van der Waals surface area contributed by atoms with Crippen LogP contribution in [0.2, 0.25) is 0 Å². The van der Waals surface area contributed by atoms with E-state index in [-0.39, 0.29) is 0 Å². The third-order valence-electron chi connectivity index (χ3n) is 2.29. The van der Waals surface area contributed by atoms with Gasteiger partial charge in [0.1, 0.15) is 0 Å². The van der Waals surface area contributed by atoms with Crippen LogP contribution in [0.15, 0.2) is 9.98 Å². The van der Waals surface area contributed by atoms with E-state index in [0.717, 1.165) is 8.92 Å². The van der Waals surface area contributed by atoms with Gasteiger partial charge in [0.2, 0.25) is 0 Å². The highest BCUT2D eigenvalue weighted by Gasteiger charge is 2.45. The largest absolute Gasteiger partial charge is 0.358 e. The maximum Gasteiger partial charge on any atom is 0.183 e. The molecule has 0 bridgehead atoms. The van der Waals surface area contributed by atoms with Crippen molar-refractivity contribution in [2.75, 3.05) is 5.32 Å². The normalized spacial score (nSPS) is 25.4. The van der Waals surface area contributed by atoms with Gasteiger partial charge >= 0.3 is 0 Å². The Morgan fingerprint density at radius 2 is 2.42 bits per heavy atom. The molecule has 1 atom stereocenters. The van der Waals surface area contributed by atoms with Crippen molar-refractivity contribution in [3.63, 3.8) is 0 Å². The lowest BCUT2D eigenvalue weighted by Gasteiger charge is -2.03. The highest BCUT2D eigenvalue weighted by molar-refractivity contribution is 9.11. The zero-order valence-corrected chi connectivity index (χ0v) is 9.50. The maximum atomic E-state index is 4.22. The first-order chi connectivity index (χ1) is 5.58. The highest BCUT2D eigenvalue weighted by atomic mass is 79.9. The van der Waals surface area contributed by atoms with Gasteiger partial charge in [0.25, 0.3) is 0 Å². The second-order valence-corrected chi connectivity index (χ2v) is 6.27. The van der Waals surface area contributed by atoms with Gasteiger partial charge in [-0.05, 0) is 27.8 Å². The molecule has 1 aromatic heterocycles. The second-order valence-electron chi connectivity index (χ2n) is 3.86. The average Bonchev–Trinajstić information content (AvgIpc) is 2.41. The zero-order chi connectivity index (χ0) is 8.77. The molecule has 0 spiro atoms. The number of halogens is 1. The lowest BCUT2D eigenvalue weighted by molar-refractivity contribution is 0.630. The predicted octanol–water partition coefficient (Wildman–Crippen LogP) is 3.12. The number of nitrogens with zero attached hydrogens (tertiary/aromatic N) is 1. The van der Waals surface area contributed by atoms with Gasteiger partial charge in [-0.25, -0.2) is 4.98 Å². The second kappa shape index (κ2) is 2.70. The van der Waals surface area contributed by atoms with Gasteiger partial charge in [-0.3, -0.25) is 0 Å². The molecular weight excluding hydrogens is 236 g/mol. The van der Waals surface area contributed by atoms with E-state index in [1.807, 2.05) is 6.20 Å². The van der Waals surface area contributed by atoms with Crippen molar-refractivity contribution >= 4 is 32.4 Å². The number of aromatic nitrogens is 1. The van der Waals surface area contributed by atoms with Crippen molar-refractivity contribution in [3.8, 4) is 0 Å². The topological polar surface area (TPSA) is 24.9 Å². The van der Waals surface area contributed by atoms with Crippen molar-refractivity contribution in [1.82, 2.24) is 4.98 Å². The first kappa shape index (κ1) is 8.51. The van der Waals surface area contributed by atoms with Crippen molar-refractivity contribution in [1.29, 1.82) is 0 Å². The van der Waals surface area contributed by atoms with Crippen molar-refractivity contribution in [3.05, 3.63) is 9.98 Å². The third kappa shape index (κ3) is 1.64. The number of rotatable bonds is 2. The molecule has 0 saturated heterocycles. The highest BCUT2D eigenvalue weighted by Crippen LogP contribution is 2.46. The van der Waals surface area contributed by atoms with E-state index in [1.165, 1.54) is 6.42 Å². The fourth-order valence-corrected chi connectivity index (χ4v) is 2.34. The van der Waals surface area contributed by atoms with Crippen molar-refractivity contribution < 1.29 is 0 Å². The standard InChI is InChI=1S/C8H11BrN2S/c1-8(2)3-5(8)11-7-10-4-6(9)12-7/h4-5H,3H2,1-2H3,(H,10,11). The Balaban J connectivity index is 1.97. The van der Waals surface area contributed by atoms with E-state index < -0.39 is 0 Å². The van der Waals surface area contributed by atoms with Crippen LogP contribution in [0.25, 0.3) is 0 Å². The molecule has 0 radical (unpaired) electrons. The van der Waals surface area contributed by atoms with Gasteiger partial charge in [0.05, 0.1) is 9.98 Å². The molecule has 4 heteroatoms. The monoisotopic (exact) mass is 246 g/mol. The number of anilines is 1. The average molecular weight is 247 g/mol. The smallest absolute Gasteiger partial charge is 0.183 e. The molecule has 1 fully saturated rings. The van der Waals surface area contributed by atoms with E-state index in [9.17, 15) is 0 Å². The summed E-state index contributed by atoms with van der Waals surface area (Å²) in [5.74, 6) is 0. The van der Waals surface area contributed by atoms with E-state index >= 15 is 0 Å². The quantitative estimate of drug-likeness (QED) is 0.868. The first-order valence-electron chi connectivity index (χ1n) is 3.96. The van der Waals surface area contributed by atoms with E-state index in [2.05, 4.69) is 40.1 Å². The zero-order valence-electron chi connectivity index (χ0n) is 7.10. The molecule has 1 aliphatic rings. The Bertz CT molecular complexity index is 295. The molecule has 1 aliphatic carbocycles. The summed E-state index contributed by atoms with van der Waals surface area (Å²) in [5.41, 5.74) is 0.470. The first-order valence-corrected chi connectivity index (χ1v) is 5.57. The summed E-state index contributed by atoms with van der Waals surface area (Å²) in [6.07, 6.45) is 3.09. The summed E-state index contributed by atoms with van der Waals surface area (Å²) in [6.45, 7) is 4.54. The van der Waals surface area contributed by atoms with Crippen LogP contribution < -0.4 is 5.32 Å². The Hall–Kier alpha value is -0.0900. The maximum absolute atomic E-state index is 4.22. The van der Waals surface area contributed by atoms with Crippen molar-refractivity contribution in [2.45, 2.75) is 26.3 Å². The molecule has 0 aliphatic heterocycles. The van der Waals surface area contributed by atoms with E-state index in [1.54, 1.807) is 11.3 Å². The third-order valence-corrected chi connectivity index (χ3v) is 3.70. The predicted molar refractivity (Wildman–Crippen MR) is 55.6 cm³/mol. The summed E-state index contributed by atoms with van der Waals surface area (Å²) in [5, 5.41) is 4.43. The lowest BCUT2D eigenvalue weighted by atomic mass is 10.2. The fourth-order valence-electron chi connectivity index (χ4n) is 1.18. The Morgan fingerprint density at radius 1 is 1.75 bits per heavy atom. The molecule has 12 heavy (non-hydrogen) atoms. The van der Waals surface area contributed by atoms with Gasteiger partial charge in [-0.2, -0.15) is 0 Å².